The number of hydrogen-bond acceptors (Lipinski definition) is 6. The molecule has 0 aromatic heterocycles. The van der Waals surface area contributed by atoms with Crippen LogP contribution in [0.4, 0.5) is 5.69 Å². The van der Waals surface area contributed by atoms with E-state index in [0.717, 1.165) is 11.1 Å². The number of esters is 1. The Morgan fingerprint density at radius 2 is 1.61 bits per heavy atom. The topological polar surface area (TPSA) is 119 Å². The molecule has 0 aliphatic heterocycles. The second kappa shape index (κ2) is 10.2. The largest absolute Gasteiger partial charge is 0.449 e. The van der Waals surface area contributed by atoms with Crippen LogP contribution < -0.4 is 10.6 Å². The van der Waals surface area contributed by atoms with E-state index in [0.29, 0.717) is 5.69 Å². The molecular weight excluding hydrogens is 420 g/mol. The number of rotatable bonds is 8. The lowest BCUT2D eigenvalue weighted by Crippen LogP contribution is -2.40. The van der Waals surface area contributed by atoms with Crippen LogP contribution in [0.5, 0.6) is 0 Å². The van der Waals surface area contributed by atoms with Gasteiger partial charge in [0.1, 0.15) is 0 Å². The van der Waals surface area contributed by atoms with Crippen LogP contribution in [0.1, 0.15) is 35.3 Å². The number of ether oxygens (including phenoxy) is 1. The Bertz CT molecular complexity index is 1070. The molecule has 0 spiro atoms. The van der Waals surface area contributed by atoms with Crippen LogP contribution in [0.2, 0.25) is 0 Å². The molecule has 0 saturated carbocycles. The van der Waals surface area contributed by atoms with Gasteiger partial charge in [0.15, 0.2) is 15.9 Å². The van der Waals surface area contributed by atoms with E-state index in [1.807, 2.05) is 32.0 Å². The first-order valence-corrected chi connectivity index (χ1v) is 11.4. The van der Waals surface area contributed by atoms with Gasteiger partial charge in [0.2, 0.25) is 5.91 Å². The van der Waals surface area contributed by atoms with Crippen molar-refractivity contribution in [1.29, 1.82) is 0 Å². The summed E-state index contributed by atoms with van der Waals surface area (Å²) in [5, 5.41) is 5.15. The molecule has 1 unspecified atom stereocenters. The Morgan fingerprint density at radius 1 is 1.00 bits per heavy atom. The molecule has 166 valence electrons. The van der Waals surface area contributed by atoms with E-state index in [1.54, 1.807) is 0 Å². The summed E-state index contributed by atoms with van der Waals surface area (Å²) in [6.45, 7) is 6.22. The maximum Gasteiger partial charge on any atom is 0.340 e. The predicted octanol–water partition coefficient (Wildman–Crippen LogP) is 2.40. The van der Waals surface area contributed by atoms with E-state index in [-0.39, 0.29) is 22.8 Å². The maximum atomic E-state index is 12.5. The second-order valence-corrected chi connectivity index (χ2v) is 9.23. The van der Waals surface area contributed by atoms with Crippen LogP contribution in [-0.2, 0) is 24.2 Å². The lowest BCUT2D eigenvalue weighted by atomic mass is 10.1. The van der Waals surface area contributed by atoms with Gasteiger partial charge in [-0.15, -0.1) is 0 Å². The highest BCUT2D eigenvalue weighted by atomic mass is 32.2. The number of carbonyl (C=O) groups excluding carboxylic acids is 3. The van der Waals surface area contributed by atoms with Gasteiger partial charge in [-0.25, -0.2) is 13.2 Å². The number of para-hydroxylation sites is 1. The molecule has 2 amide bonds. The summed E-state index contributed by atoms with van der Waals surface area (Å²) in [6, 6.07) is 11.3. The van der Waals surface area contributed by atoms with Crippen LogP contribution in [0.25, 0.3) is 0 Å². The minimum absolute atomic E-state index is 0.142. The zero-order chi connectivity index (χ0) is 23.2. The molecule has 0 heterocycles. The van der Waals surface area contributed by atoms with Crippen molar-refractivity contribution in [3.63, 3.8) is 0 Å². The van der Waals surface area contributed by atoms with Crippen molar-refractivity contribution in [2.24, 2.45) is 0 Å². The van der Waals surface area contributed by atoms with E-state index in [2.05, 4.69) is 10.6 Å². The van der Waals surface area contributed by atoms with Gasteiger partial charge in [-0.1, -0.05) is 37.3 Å². The molecule has 2 aromatic carbocycles. The maximum absolute atomic E-state index is 12.5. The van der Waals surface area contributed by atoms with E-state index in [4.69, 9.17) is 4.74 Å². The summed E-state index contributed by atoms with van der Waals surface area (Å²) in [4.78, 5) is 36.7. The Labute approximate surface area is 181 Å². The molecule has 0 radical (unpaired) electrons. The van der Waals surface area contributed by atoms with Crippen molar-refractivity contribution >= 4 is 33.3 Å². The Morgan fingerprint density at radius 3 is 2.23 bits per heavy atom. The molecule has 2 N–H and O–H groups in total. The number of carbonyl (C=O) groups is 3. The van der Waals surface area contributed by atoms with Crippen molar-refractivity contribution in [3.8, 4) is 0 Å². The van der Waals surface area contributed by atoms with E-state index in [9.17, 15) is 22.8 Å². The van der Waals surface area contributed by atoms with E-state index >= 15 is 0 Å². The number of hydrogen-bond donors (Lipinski definition) is 2. The van der Waals surface area contributed by atoms with Gasteiger partial charge in [-0.2, -0.15) is 0 Å². The summed E-state index contributed by atoms with van der Waals surface area (Å²) in [5.74, 6) is -2.22. The summed E-state index contributed by atoms with van der Waals surface area (Å²) in [7, 11) is -3.64. The normalized spacial score (nSPS) is 12.0. The summed E-state index contributed by atoms with van der Waals surface area (Å²) >= 11 is 0. The van der Waals surface area contributed by atoms with Gasteiger partial charge in [0.25, 0.3) is 5.91 Å². The Hall–Kier alpha value is -3.20. The summed E-state index contributed by atoms with van der Waals surface area (Å²) < 4.78 is 29.5. The number of benzene rings is 2. The molecule has 9 heteroatoms. The fourth-order valence-electron chi connectivity index (χ4n) is 2.85. The number of aryl methyl sites for hydroxylation is 2. The van der Waals surface area contributed by atoms with Crippen LogP contribution >= 0.6 is 0 Å². The van der Waals surface area contributed by atoms with E-state index < -0.39 is 33.7 Å². The van der Waals surface area contributed by atoms with Crippen LogP contribution in [0.3, 0.4) is 0 Å². The van der Waals surface area contributed by atoms with Gasteiger partial charge >= 0.3 is 5.97 Å². The SMILES string of the molecule is CCS(=O)(=O)c1ccccc1C(=O)OC(C)C(=O)NCC(=O)Nc1c(C)cccc1C. The quantitative estimate of drug-likeness (QED) is 0.601. The van der Waals surface area contributed by atoms with Crippen molar-refractivity contribution in [3.05, 3.63) is 59.2 Å². The Balaban J connectivity index is 1.97. The van der Waals surface area contributed by atoms with Crippen LogP contribution in [-0.4, -0.2) is 44.6 Å². The highest BCUT2D eigenvalue weighted by Gasteiger charge is 2.25. The molecule has 0 fully saturated rings. The van der Waals surface area contributed by atoms with Gasteiger partial charge < -0.3 is 15.4 Å². The molecule has 0 aliphatic rings. The molecule has 2 rings (SSSR count). The van der Waals surface area contributed by atoms with E-state index in [1.165, 1.54) is 38.1 Å². The zero-order valence-electron chi connectivity index (χ0n) is 17.9. The monoisotopic (exact) mass is 446 g/mol. The average Bonchev–Trinajstić information content (AvgIpc) is 2.74. The fraction of sp³-hybridized carbons (Fsp3) is 0.318. The first-order valence-electron chi connectivity index (χ1n) is 9.73. The minimum atomic E-state index is -3.64. The first-order chi connectivity index (χ1) is 14.6. The molecular formula is C22H26N2O6S. The predicted molar refractivity (Wildman–Crippen MR) is 117 cm³/mol. The zero-order valence-corrected chi connectivity index (χ0v) is 18.7. The molecule has 8 nitrogen and oxygen atoms in total. The molecule has 0 aliphatic carbocycles. The highest BCUT2D eigenvalue weighted by molar-refractivity contribution is 7.91. The van der Waals surface area contributed by atoms with Gasteiger partial charge in [-0.3, -0.25) is 9.59 Å². The summed E-state index contributed by atoms with van der Waals surface area (Å²) in [6.07, 6.45) is -1.22. The van der Waals surface area contributed by atoms with Gasteiger partial charge in [0, 0.05) is 5.69 Å². The average molecular weight is 447 g/mol. The summed E-state index contributed by atoms with van der Waals surface area (Å²) in [5.41, 5.74) is 2.32. The number of sulfone groups is 1. The molecule has 0 bridgehead atoms. The van der Waals surface area contributed by atoms with Crippen molar-refractivity contribution < 1.29 is 27.5 Å². The second-order valence-electron chi connectivity index (χ2n) is 6.98. The number of nitrogens with one attached hydrogen (secondary N) is 2. The van der Waals surface area contributed by atoms with Crippen LogP contribution in [0, 0.1) is 13.8 Å². The van der Waals surface area contributed by atoms with Crippen molar-refractivity contribution in [2.45, 2.75) is 38.7 Å². The smallest absolute Gasteiger partial charge is 0.340 e. The third-order valence-electron chi connectivity index (χ3n) is 4.64. The lowest BCUT2D eigenvalue weighted by molar-refractivity contribution is -0.130. The molecule has 2 aromatic rings. The molecule has 0 saturated heterocycles. The molecule has 1 atom stereocenters. The standard InChI is InChI=1S/C22H26N2O6S/c1-5-31(28,29)18-12-7-6-11-17(18)22(27)30-16(4)21(26)23-13-19(25)24-20-14(2)9-8-10-15(20)3/h6-12,16H,5,13H2,1-4H3,(H,23,26)(H,24,25). The fourth-order valence-corrected chi connectivity index (χ4v) is 3.93. The third kappa shape index (κ3) is 6.14. The van der Waals surface area contributed by atoms with Crippen LogP contribution in [0.15, 0.2) is 47.4 Å². The Kier molecular flexibility index (Phi) is 7.93. The number of anilines is 1. The van der Waals surface area contributed by atoms with Gasteiger partial charge in [0.05, 0.1) is 22.8 Å². The highest BCUT2D eigenvalue weighted by Crippen LogP contribution is 2.20. The number of amides is 2. The molecule has 31 heavy (non-hydrogen) atoms. The minimum Gasteiger partial charge on any atom is -0.449 e. The van der Waals surface area contributed by atoms with Crippen molar-refractivity contribution in [2.75, 3.05) is 17.6 Å². The lowest BCUT2D eigenvalue weighted by Gasteiger charge is -2.15. The van der Waals surface area contributed by atoms with Gasteiger partial charge in [-0.05, 0) is 44.0 Å². The third-order valence-corrected chi connectivity index (χ3v) is 6.43. The first kappa shape index (κ1) is 24.1. The van der Waals surface area contributed by atoms with Crippen molar-refractivity contribution in [1.82, 2.24) is 5.32 Å².